The number of aromatic nitrogens is 3. The van der Waals surface area contributed by atoms with Crippen LogP contribution in [0.25, 0.3) is 130 Å². The molecule has 13 rings (SSSR count). The first-order valence-corrected chi connectivity index (χ1v) is 20.8. The van der Waals surface area contributed by atoms with Gasteiger partial charge in [0, 0.05) is 36.9 Å². The second-order valence-electron chi connectivity index (χ2n) is 15.5. The minimum Gasteiger partial charge on any atom is -0.208 e. The first kappa shape index (κ1) is 32.5. The predicted molar refractivity (Wildman–Crippen MR) is 251 cm³/mol. The molecule has 0 saturated carbocycles. The third-order valence-electron chi connectivity index (χ3n) is 12.2. The molecule has 2 heterocycles. The van der Waals surface area contributed by atoms with Gasteiger partial charge in [-0.1, -0.05) is 164 Å². The van der Waals surface area contributed by atoms with Gasteiger partial charge in [0.05, 0.1) is 0 Å². The van der Waals surface area contributed by atoms with Crippen LogP contribution in [0, 0.1) is 0 Å². The number of fused-ring (bicyclic) bond motifs is 5. The van der Waals surface area contributed by atoms with Crippen LogP contribution in [0.2, 0.25) is 0 Å². The molecule has 13 aromatic rings. The highest BCUT2D eigenvalue weighted by molar-refractivity contribution is 7.25. The SMILES string of the molecule is c1ccc(-c2nc(-c3ccc(-c4ccc5c(c4)sc4ccccc45)cc3)nc(-c3cc4ccc5cccc6c7cccc8ccc9cccc(c(c3)c4c56)c9c87)n2)cc1. The Bertz CT molecular complexity index is 3820. The summed E-state index contributed by atoms with van der Waals surface area (Å²) in [5.74, 6) is 1.94. The zero-order valence-electron chi connectivity index (χ0n) is 31.6. The van der Waals surface area contributed by atoms with Gasteiger partial charge in [0.25, 0.3) is 0 Å². The lowest BCUT2D eigenvalue weighted by molar-refractivity contribution is 1.07. The monoisotopic (exact) mass is 765 g/mol. The number of rotatable bonds is 4. The Balaban J connectivity index is 1.04. The van der Waals surface area contributed by atoms with Gasteiger partial charge in [-0.05, 0) is 100 Å². The first-order chi connectivity index (χ1) is 29.2. The van der Waals surface area contributed by atoms with Gasteiger partial charge in [0.1, 0.15) is 0 Å². The zero-order valence-corrected chi connectivity index (χ0v) is 32.5. The number of benzene rings is 10. The summed E-state index contributed by atoms with van der Waals surface area (Å²) >= 11 is 1.85. The molecule has 0 aliphatic rings. The Hall–Kier alpha value is -7.53. The highest BCUT2D eigenvalue weighted by Gasteiger charge is 2.19. The molecule has 0 N–H and O–H groups in total. The van der Waals surface area contributed by atoms with Crippen molar-refractivity contribution in [2.75, 3.05) is 0 Å². The van der Waals surface area contributed by atoms with Crippen LogP contribution in [0.1, 0.15) is 0 Å². The summed E-state index contributed by atoms with van der Waals surface area (Å²) < 4.78 is 2.61. The fourth-order valence-electron chi connectivity index (χ4n) is 9.48. The van der Waals surface area contributed by atoms with Gasteiger partial charge < -0.3 is 0 Å². The van der Waals surface area contributed by atoms with Crippen LogP contribution < -0.4 is 0 Å². The number of hydrogen-bond donors (Lipinski definition) is 0. The lowest BCUT2D eigenvalue weighted by Gasteiger charge is -2.17. The van der Waals surface area contributed by atoms with E-state index in [1.807, 2.05) is 29.5 Å². The predicted octanol–water partition coefficient (Wildman–Crippen LogP) is 15.3. The molecule has 0 aliphatic carbocycles. The maximum Gasteiger partial charge on any atom is 0.164 e. The molecule has 0 fully saturated rings. The van der Waals surface area contributed by atoms with Crippen LogP contribution in [-0.4, -0.2) is 15.0 Å². The van der Waals surface area contributed by atoms with Crippen molar-refractivity contribution in [2.24, 2.45) is 0 Å². The van der Waals surface area contributed by atoms with E-state index in [9.17, 15) is 0 Å². The third-order valence-corrected chi connectivity index (χ3v) is 13.3. The van der Waals surface area contributed by atoms with Crippen LogP contribution >= 0.6 is 11.3 Å². The molecule has 0 saturated heterocycles. The minimum absolute atomic E-state index is 0.643. The molecule has 0 atom stereocenters. The van der Waals surface area contributed by atoms with Crippen LogP contribution in [0.4, 0.5) is 0 Å². The van der Waals surface area contributed by atoms with Gasteiger partial charge in [-0.25, -0.2) is 15.0 Å². The van der Waals surface area contributed by atoms with Crippen molar-refractivity contribution in [1.29, 1.82) is 0 Å². The van der Waals surface area contributed by atoms with Crippen molar-refractivity contribution < 1.29 is 0 Å². The lowest BCUT2D eigenvalue weighted by atomic mass is 9.87. The average molecular weight is 766 g/mol. The lowest BCUT2D eigenvalue weighted by Crippen LogP contribution is -2.00. The molecular formula is C55H31N3S. The standard InChI is InChI=1S/C55H31N3S/c1-2-9-36(10-3-1)53-56-54(37-24-19-32(20-25-37)38-27-28-42-41-14-4-5-18-47(41)59-48(42)31-38)58-55(57-53)40-29-39-26-23-35-12-7-16-44-43-15-6-11-33-21-22-34-13-8-17-45(51(34)49(33)43)46(30-40)52(39)50(35)44/h1-31H. The molecule has 272 valence electrons. The zero-order chi connectivity index (χ0) is 38.6. The van der Waals surface area contributed by atoms with Gasteiger partial charge in [0.15, 0.2) is 17.5 Å². The Morgan fingerprint density at radius 2 is 0.729 bits per heavy atom. The van der Waals surface area contributed by atoms with Crippen molar-refractivity contribution in [3.05, 3.63) is 188 Å². The van der Waals surface area contributed by atoms with Crippen molar-refractivity contribution in [1.82, 2.24) is 15.0 Å². The van der Waals surface area contributed by atoms with Gasteiger partial charge in [-0.3, -0.25) is 0 Å². The van der Waals surface area contributed by atoms with Crippen LogP contribution in [-0.2, 0) is 0 Å². The number of nitrogens with zero attached hydrogens (tertiary/aromatic N) is 3. The first-order valence-electron chi connectivity index (χ1n) is 20.0. The Morgan fingerprint density at radius 3 is 1.39 bits per heavy atom. The van der Waals surface area contributed by atoms with E-state index < -0.39 is 0 Å². The summed E-state index contributed by atoms with van der Waals surface area (Å²) in [5, 5.41) is 17.5. The van der Waals surface area contributed by atoms with Crippen molar-refractivity contribution in [3.63, 3.8) is 0 Å². The van der Waals surface area contributed by atoms with E-state index in [2.05, 4.69) is 170 Å². The smallest absolute Gasteiger partial charge is 0.164 e. The molecule has 3 nitrogen and oxygen atoms in total. The van der Waals surface area contributed by atoms with Gasteiger partial charge in [-0.2, -0.15) is 0 Å². The number of hydrogen-bond acceptors (Lipinski definition) is 4. The molecule has 11 aromatic carbocycles. The van der Waals surface area contributed by atoms with E-state index in [1.165, 1.54) is 85.0 Å². The second kappa shape index (κ2) is 12.5. The Labute approximate surface area is 342 Å². The second-order valence-corrected chi connectivity index (χ2v) is 16.6. The minimum atomic E-state index is 0.643. The average Bonchev–Trinajstić information content (AvgIpc) is 3.68. The fourth-order valence-corrected chi connectivity index (χ4v) is 10.6. The summed E-state index contributed by atoms with van der Waals surface area (Å²) in [6, 6.07) is 68.1. The number of thiophene rings is 1. The molecule has 0 aliphatic heterocycles. The van der Waals surface area contributed by atoms with Crippen LogP contribution in [0.5, 0.6) is 0 Å². The van der Waals surface area contributed by atoms with E-state index in [0.717, 1.165) is 27.6 Å². The molecule has 0 spiro atoms. The van der Waals surface area contributed by atoms with Gasteiger partial charge in [0.2, 0.25) is 0 Å². The Morgan fingerprint density at radius 1 is 0.254 bits per heavy atom. The van der Waals surface area contributed by atoms with E-state index in [1.54, 1.807) is 0 Å². The highest BCUT2D eigenvalue weighted by atomic mass is 32.1. The van der Waals surface area contributed by atoms with Crippen molar-refractivity contribution >= 4 is 96.1 Å². The fraction of sp³-hybridized carbons (Fsp3) is 0. The summed E-state index contributed by atoms with van der Waals surface area (Å²) in [6.07, 6.45) is 0. The van der Waals surface area contributed by atoms with Gasteiger partial charge >= 0.3 is 0 Å². The summed E-state index contributed by atoms with van der Waals surface area (Å²) in [7, 11) is 0. The molecule has 59 heavy (non-hydrogen) atoms. The quantitative estimate of drug-likeness (QED) is 0.168. The maximum absolute atomic E-state index is 5.27. The summed E-state index contributed by atoms with van der Waals surface area (Å²) in [6.45, 7) is 0. The largest absolute Gasteiger partial charge is 0.208 e. The van der Waals surface area contributed by atoms with E-state index in [0.29, 0.717) is 17.5 Å². The molecule has 2 aromatic heterocycles. The molecule has 0 unspecified atom stereocenters. The molecule has 0 radical (unpaired) electrons. The van der Waals surface area contributed by atoms with E-state index in [4.69, 9.17) is 15.0 Å². The molecule has 4 heteroatoms. The highest BCUT2D eigenvalue weighted by Crippen LogP contribution is 2.44. The molecule has 0 amide bonds. The van der Waals surface area contributed by atoms with E-state index in [-0.39, 0.29) is 0 Å². The van der Waals surface area contributed by atoms with Crippen molar-refractivity contribution in [2.45, 2.75) is 0 Å². The van der Waals surface area contributed by atoms with Crippen LogP contribution in [0.3, 0.4) is 0 Å². The Kier molecular flexibility index (Phi) is 6.89. The van der Waals surface area contributed by atoms with Crippen molar-refractivity contribution in [3.8, 4) is 45.3 Å². The topological polar surface area (TPSA) is 38.7 Å². The van der Waals surface area contributed by atoms with Gasteiger partial charge in [-0.15, -0.1) is 11.3 Å². The summed E-state index contributed by atoms with van der Waals surface area (Å²) in [4.78, 5) is 15.6. The normalized spacial score (nSPS) is 12.1. The van der Waals surface area contributed by atoms with E-state index >= 15 is 0 Å². The van der Waals surface area contributed by atoms with Crippen LogP contribution in [0.15, 0.2) is 188 Å². The molecule has 0 bridgehead atoms. The maximum atomic E-state index is 5.27. The molecular weight excluding hydrogens is 735 g/mol. The third kappa shape index (κ3) is 4.97. The summed E-state index contributed by atoms with van der Waals surface area (Å²) in [5.41, 5.74) is 5.19.